The minimum Gasteiger partial charge on any atom is -0.352 e. The molecule has 1 saturated heterocycles. The van der Waals surface area contributed by atoms with E-state index in [4.69, 9.17) is 0 Å². The van der Waals surface area contributed by atoms with Crippen LogP contribution in [0.15, 0.2) is 59.6 Å². The molecule has 1 aliphatic heterocycles. The van der Waals surface area contributed by atoms with Crippen LogP contribution >= 0.6 is 0 Å². The lowest BCUT2D eigenvalue weighted by molar-refractivity contribution is -0.116. The summed E-state index contributed by atoms with van der Waals surface area (Å²) >= 11 is 0. The number of nitrogens with zero attached hydrogens (tertiary/aromatic N) is 3. The minimum absolute atomic E-state index is 0.0116. The fourth-order valence-electron chi connectivity index (χ4n) is 3.90. The molecule has 0 bridgehead atoms. The predicted molar refractivity (Wildman–Crippen MR) is 124 cm³/mol. The molecular formula is C24H33N5O. The number of hydrogen-bond acceptors (Lipinski definition) is 3. The first-order valence-electron chi connectivity index (χ1n) is 10.6. The van der Waals surface area contributed by atoms with Crippen molar-refractivity contribution in [3.63, 3.8) is 0 Å². The van der Waals surface area contributed by atoms with E-state index in [0.717, 1.165) is 36.7 Å². The zero-order valence-corrected chi connectivity index (χ0v) is 18.3. The van der Waals surface area contributed by atoms with Gasteiger partial charge in [-0.15, -0.1) is 0 Å². The third kappa shape index (κ3) is 6.59. The van der Waals surface area contributed by atoms with E-state index < -0.39 is 0 Å². The molecule has 1 aliphatic rings. The predicted octanol–water partition coefficient (Wildman–Crippen LogP) is 2.83. The van der Waals surface area contributed by atoms with Gasteiger partial charge in [0.2, 0.25) is 5.91 Å². The van der Waals surface area contributed by atoms with E-state index in [9.17, 15) is 4.79 Å². The number of hydrogen-bond donors (Lipinski definition) is 2. The average molecular weight is 408 g/mol. The van der Waals surface area contributed by atoms with Crippen molar-refractivity contribution in [1.82, 2.24) is 15.1 Å². The first-order chi connectivity index (χ1) is 14.5. The lowest BCUT2D eigenvalue weighted by atomic mass is 9.99. The maximum absolute atomic E-state index is 12.0. The highest BCUT2D eigenvalue weighted by Crippen LogP contribution is 2.21. The van der Waals surface area contributed by atoms with Gasteiger partial charge >= 0.3 is 0 Å². The fraction of sp³-hybridized carbons (Fsp3) is 0.417. The maximum atomic E-state index is 12.0. The fourth-order valence-corrected chi connectivity index (χ4v) is 3.90. The number of anilines is 1. The number of nitrogens with one attached hydrogen (secondary N) is 2. The summed E-state index contributed by atoms with van der Waals surface area (Å²) in [6, 6.07) is 18.7. The van der Waals surface area contributed by atoms with Crippen LogP contribution in [0.1, 0.15) is 17.5 Å². The molecule has 30 heavy (non-hydrogen) atoms. The number of carbonyl (C=O) groups is 1. The van der Waals surface area contributed by atoms with Crippen molar-refractivity contribution >= 4 is 17.6 Å². The second-order valence-corrected chi connectivity index (χ2v) is 8.18. The Morgan fingerprint density at radius 1 is 1.13 bits per heavy atom. The molecule has 0 aliphatic carbocycles. The van der Waals surface area contributed by atoms with Crippen molar-refractivity contribution in [1.29, 1.82) is 0 Å². The van der Waals surface area contributed by atoms with Crippen LogP contribution in [0.25, 0.3) is 0 Å². The normalized spacial score (nSPS) is 16.7. The van der Waals surface area contributed by atoms with E-state index in [1.165, 1.54) is 12.0 Å². The second-order valence-electron chi connectivity index (χ2n) is 8.18. The second kappa shape index (κ2) is 10.8. The van der Waals surface area contributed by atoms with E-state index >= 15 is 0 Å². The number of likely N-dealkylation sites (tertiary alicyclic amines) is 1. The van der Waals surface area contributed by atoms with Gasteiger partial charge in [0.1, 0.15) is 0 Å². The molecule has 0 spiro atoms. The standard InChI is InChI=1S/C24H33N5O/c1-25-24(29-13-12-21(17-29)14-19-8-5-4-6-9-19)26-16-20-10-7-11-22(15-20)27-23(30)18-28(2)3/h4-11,15,21H,12-14,16-18H2,1-3H3,(H,25,26)(H,27,30). The van der Waals surface area contributed by atoms with Gasteiger partial charge in [-0.1, -0.05) is 42.5 Å². The first-order valence-corrected chi connectivity index (χ1v) is 10.6. The van der Waals surface area contributed by atoms with Crippen molar-refractivity contribution in [2.24, 2.45) is 10.9 Å². The number of rotatable bonds is 7. The van der Waals surface area contributed by atoms with E-state index in [1.54, 1.807) is 0 Å². The highest BCUT2D eigenvalue weighted by atomic mass is 16.2. The van der Waals surface area contributed by atoms with Crippen molar-refractivity contribution in [2.45, 2.75) is 19.4 Å². The number of carbonyl (C=O) groups excluding carboxylic acids is 1. The summed E-state index contributed by atoms with van der Waals surface area (Å²) in [5.74, 6) is 1.58. The number of guanidine groups is 1. The summed E-state index contributed by atoms with van der Waals surface area (Å²) in [4.78, 5) is 20.7. The Bertz CT molecular complexity index is 850. The van der Waals surface area contributed by atoms with Crippen molar-refractivity contribution in [3.05, 3.63) is 65.7 Å². The summed E-state index contributed by atoms with van der Waals surface area (Å²) < 4.78 is 0. The van der Waals surface area contributed by atoms with Crippen LogP contribution < -0.4 is 10.6 Å². The van der Waals surface area contributed by atoms with Gasteiger partial charge in [0.15, 0.2) is 5.96 Å². The molecule has 1 fully saturated rings. The third-order valence-electron chi connectivity index (χ3n) is 5.29. The van der Waals surface area contributed by atoms with E-state index in [2.05, 4.69) is 56.9 Å². The number of likely N-dealkylation sites (N-methyl/N-ethyl adjacent to an activating group) is 1. The van der Waals surface area contributed by atoms with Gasteiger partial charge < -0.3 is 20.4 Å². The van der Waals surface area contributed by atoms with Crippen LogP contribution in [-0.2, 0) is 17.8 Å². The molecule has 3 rings (SSSR count). The van der Waals surface area contributed by atoms with Gasteiger partial charge in [-0.2, -0.15) is 0 Å². The van der Waals surface area contributed by atoms with Crippen molar-refractivity contribution < 1.29 is 4.79 Å². The molecule has 1 unspecified atom stereocenters. The summed E-state index contributed by atoms with van der Waals surface area (Å²) in [7, 11) is 5.60. The molecule has 0 saturated carbocycles. The third-order valence-corrected chi connectivity index (χ3v) is 5.29. The van der Waals surface area contributed by atoms with Crippen LogP contribution in [0.5, 0.6) is 0 Å². The molecule has 0 aromatic heterocycles. The Kier molecular flexibility index (Phi) is 7.85. The van der Waals surface area contributed by atoms with Gasteiger partial charge in [-0.3, -0.25) is 9.79 Å². The van der Waals surface area contributed by atoms with Gasteiger partial charge in [0.05, 0.1) is 6.54 Å². The number of benzene rings is 2. The van der Waals surface area contributed by atoms with Crippen LogP contribution in [0, 0.1) is 5.92 Å². The lowest BCUT2D eigenvalue weighted by Crippen LogP contribution is -2.39. The Balaban J connectivity index is 1.51. The van der Waals surface area contributed by atoms with Crippen LogP contribution in [-0.4, -0.2) is 62.4 Å². The summed E-state index contributed by atoms with van der Waals surface area (Å²) in [6.45, 7) is 3.09. The summed E-state index contributed by atoms with van der Waals surface area (Å²) in [6.07, 6.45) is 2.30. The molecule has 6 nitrogen and oxygen atoms in total. The van der Waals surface area contributed by atoms with Crippen molar-refractivity contribution in [3.8, 4) is 0 Å². The minimum atomic E-state index is -0.0116. The quantitative estimate of drug-likeness (QED) is 0.547. The summed E-state index contributed by atoms with van der Waals surface area (Å²) in [5, 5.41) is 6.43. The van der Waals surface area contributed by atoms with E-state index in [-0.39, 0.29) is 5.91 Å². The monoisotopic (exact) mass is 407 g/mol. The van der Waals surface area contributed by atoms with Crippen LogP contribution in [0.2, 0.25) is 0 Å². The van der Waals surface area contributed by atoms with Gasteiger partial charge in [-0.05, 0) is 56.1 Å². The van der Waals surface area contributed by atoms with Gasteiger partial charge in [0.25, 0.3) is 0 Å². The molecule has 1 atom stereocenters. The Morgan fingerprint density at radius 3 is 2.63 bits per heavy atom. The largest absolute Gasteiger partial charge is 0.352 e. The molecule has 2 aromatic carbocycles. The topological polar surface area (TPSA) is 60.0 Å². The highest BCUT2D eigenvalue weighted by Gasteiger charge is 2.24. The molecule has 6 heteroatoms. The van der Waals surface area contributed by atoms with Gasteiger partial charge in [-0.25, -0.2) is 0 Å². The molecule has 2 N–H and O–H groups in total. The SMILES string of the molecule is CN=C(NCc1cccc(NC(=O)CN(C)C)c1)N1CCC(Cc2ccccc2)C1. The first kappa shape index (κ1) is 21.8. The highest BCUT2D eigenvalue weighted by molar-refractivity contribution is 5.92. The van der Waals surface area contributed by atoms with Crippen LogP contribution in [0.3, 0.4) is 0 Å². The number of aliphatic imine (C=N–C) groups is 1. The molecule has 2 aromatic rings. The Morgan fingerprint density at radius 2 is 1.90 bits per heavy atom. The molecular weight excluding hydrogens is 374 g/mol. The summed E-state index contributed by atoms with van der Waals surface area (Å²) in [5.41, 5.74) is 3.33. The van der Waals surface area contributed by atoms with E-state index in [1.807, 2.05) is 44.2 Å². The lowest BCUT2D eigenvalue weighted by Gasteiger charge is -2.22. The molecule has 1 heterocycles. The maximum Gasteiger partial charge on any atom is 0.238 e. The average Bonchev–Trinajstić information content (AvgIpc) is 3.17. The smallest absolute Gasteiger partial charge is 0.238 e. The van der Waals surface area contributed by atoms with E-state index in [0.29, 0.717) is 19.0 Å². The van der Waals surface area contributed by atoms with Crippen LogP contribution in [0.4, 0.5) is 5.69 Å². The van der Waals surface area contributed by atoms with Crippen molar-refractivity contribution in [2.75, 3.05) is 46.1 Å². The molecule has 1 amide bonds. The number of amides is 1. The molecule has 160 valence electrons. The Labute approximate surface area is 180 Å². The van der Waals surface area contributed by atoms with Gasteiger partial charge in [0, 0.05) is 32.4 Å². The molecule has 0 radical (unpaired) electrons. The Hall–Kier alpha value is -2.86. The zero-order chi connectivity index (χ0) is 21.3. The zero-order valence-electron chi connectivity index (χ0n) is 18.3.